The van der Waals surface area contributed by atoms with E-state index < -0.39 is 12.1 Å². The molecule has 2 N–H and O–H groups in total. The van der Waals surface area contributed by atoms with Crippen LogP contribution in [0.2, 0.25) is 0 Å². The average Bonchev–Trinajstić information content (AvgIpc) is 2.73. The van der Waals surface area contributed by atoms with Crippen molar-refractivity contribution in [1.29, 1.82) is 0 Å². The molecule has 1 atom stereocenters. The minimum Gasteiger partial charge on any atom is -0.475 e. The zero-order valence-electron chi connectivity index (χ0n) is 18.4. The van der Waals surface area contributed by atoms with Crippen molar-refractivity contribution in [1.82, 2.24) is 10.2 Å². The van der Waals surface area contributed by atoms with Crippen molar-refractivity contribution in [2.75, 3.05) is 40.0 Å². The number of alkyl halides is 3. The first-order valence-electron chi connectivity index (χ1n) is 10.5. The Morgan fingerprint density at radius 1 is 1.22 bits per heavy atom. The molecule has 1 amide bonds. The lowest BCUT2D eigenvalue weighted by Crippen LogP contribution is -2.57. The fourth-order valence-electron chi connectivity index (χ4n) is 4.10. The summed E-state index contributed by atoms with van der Waals surface area (Å²) in [5.74, 6) is -2.80. The molecule has 2 saturated heterocycles. The van der Waals surface area contributed by atoms with Crippen molar-refractivity contribution in [3.05, 3.63) is 35.4 Å². The number of hydrogen-bond acceptors (Lipinski definition) is 5. The van der Waals surface area contributed by atoms with Crippen LogP contribution in [0.25, 0.3) is 0 Å². The maximum Gasteiger partial charge on any atom is 0.490 e. The van der Waals surface area contributed by atoms with Crippen LogP contribution in [-0.4, -0.2) is 74.1 Å². The molecule has 0 aromatic heterocycles. The van der Waals surface area contributed by atoms with Crippen molar-refractivity contribution >= 4 is 11.9 Å². The number of nitrogens with one attached hydrogen (secondary N) is 1. The number of carboxylic acids is 1. The van der Waals surface area contributed by atoms with Gasteiger partial charge >= 0.3 is 12.1 Å². The smallest absolute Gasteiger partial charge is 0.475 e. The summed E-state index contributed by atoms with van der Waals surface area (Å²) in [6.07, 6.45) is -1.83. The minimum atomic E-state index is -5.08. The van der Waals surface area contributed by atoms with E-state index >= 15 is 0 Å². The molecule has 3 rings (SSSR count). The Balaban J connectivity index is 0.000000451. The molecule has 1 spiro atoms. The van der Waals surface area contributed by atoms with Crippen molar-refractivity contribution < 1.29 is 37.3 Å². The predicted octanol–water partition coefficient (Wildman–Crippen LogP) is 2.76. The van der Waals surface area contributed by atoms with Crippen LogP contribution in [0.1, 0.15) is 30.4 Å². The highest BCUT2D eigenvalue weighted by Crippen LogP contribution is 2.41. The van der Waals surface area contributed by atoms with E-state index in [4.69, 9.17) is 19.4 Å². The molecule has 1 aromatic rings. The van der Waals surface area contributed by atoms with Crippen LogP contribution in [0.5, 0.6) is 0 Å². The number of halogens is 3. The molecule has 0 aliphatic carbocycles. The number of aliphatic carboxylic acids is 1. The van der Waals surface area contributed by atoms with Gasteiger partial charge in [-0.2, -0.15) is 13.2 Å². The number of aryl methyl sites for hydroxylation is 1. The molecule has 0 bridgehead atoms. The third-order valence-corrected chi connectivity index (χ3v) is 6.00. The van der Waals surface area contributed by atoms with Gasteiger partial charge in [0, 0.05) is 20.3 Å². The van der Waals surface area contributed by atoms with E-state index in [-0.39, 0.29) is 24.0 Å². The molecule has 0 radical (unpaired) electrons. The number of methoxy groups -OCH3 is 1. The fourth-order valence-corrected chi connectivity index (χ4v) is 4.10. The molecule has 32 heavy (non-hydrogen) atoms. The Bertz CT molecular complexity index is 747. The molecule has 2 heterocycles. The lowest BCUT2D eigenvalue weighted by Gasteiger charge is -2.49. The van der Waals surface area contributed by atoms with Crippen molar-refractivity contribution in [2.24, 2.45) is 5.41 Å². The number of piperidine rings is 1. The van der Waals surface area contributed by atoms with Gasteiger partial charge in [0.25, 0.3) is 0 Å². The Morgan fingerprint density at radius 2 is 1.81 bits per heavy atom. The summed E-state index contributed by atoms with van der Waals surface area (Å²) in [5.41, 5.74) is 2.85. The maximum atomic E-state index is 12.0. The molecular formula is C22H31F3N2O5. The summed E-state index contributed by atoms with van der Waals surface area (Å²) in [5, 5.41) is 10.3. The van der Waals surface area contributed by atoms with Crippen molar-refractivity contribution in [3.8, 4) is 0 Å². The summed E-state index contributed by atoms with van der Waals surface area (Å²) >= 11 is 0. The first-order chi connectivity index (χ1) is 15.1. The molecule has 7 nitrogen and oxygen atoms in total. The standard InChI is InChI=1S/C20H30N2O3.C2HF3O2/c1-16-3-5-17(6-4-16)13-22-10-7-20(8-11-22)9-12-25-14-18(20)21-19(23)15-24-2;3-2(4,5)1(6)7/h3-6,18H,7-15H2,1-2H3,(H,21,23);(H,6,7). The predicted molar refractivity (Wildman–Crippen MR) is 111 cm³/mol. The van der Waals surface area contributed by atoms with Gasteiger partial charge in [-0.15, -0.1) is 0 Å². The summed E-state index contributed by atoms with van der Waals surface area (Å²) in [6, 6.07) is 8.91. The molecule has 2 fully saturated rings. The lowest BCUT2D eigenvalue weighted by atomic mass is 9.69. The summed E-state index contributed by atoms with van der Waals surface area (Å²) in [6.45, 7) is 6.81. The Kier molecular flexibility index (Phi) is 9.47. The Labute approximate surface area is 185 Å². The van der Waals surface area contributed by atoms with Gasteiger partial charge in [0.2, 0.25) is 5.91 Å². The average molecular weight is 460 g/mol. The number of rotatable bonds is 5. The number of amides is 1. The van der Waals surface area contributed by atoms with Gasteiger partial charge in [0.1, 0.15) is 6.61 Å². The third-order valence-electron chi connectivity index (χ3n) is 6.00. The van der Waals surface area contributed by atoms with Crippen LogP contribution >= 0.6 is 0 Å². The highest BCUT2D eigenvalue weighted by atomic mass is 19.4. The number of likely N-dealkylation sites (tertiary alicyclic amines) is 1. The molecule has 1 aromatic carbocycles. The second kappa shape index (κ2) is 11.6. The highest BCUT2D eigenvalue weighted by molar-refractivity contribution is 5.77. The lowest BCUT2D eigenvalue weighted by molar-refractivity contribution is -0.192. The van der Waals surface area contributed by atoms with E-state index in [0.29, 0.717) is 6.61 Å². The zero-order chi connectivity index (χ0) is 23.8. The molecular weight excluding hydrogens is 429 g/mol. The van der Waals surface area contributed by atoms with E-state index in [9.17, 15) is 18.0 Å². The van der Waals surface area contributed by atoms with Crippen LogP contribution in [-0.2, 0) is 25.6 Å². The van der Waals surface area contributed by atoms with Crippen LogP contribution in [0.3, 0.4) is 0 Å². The van der Waals surface area contributed by atoms with E-state index in [1.54, 1.807) is 7.11 Å². The van der Waals surface area contributed by atoms with Gasteiger partial charge in [-0.1, -0.05) is 29.8 Å². The fraction of sp³-hybridized carbons (Fsp3) is 0.636. The van der Waals surface area contributed by atoms with Gasteiger partial charge in [-0.3, -0.25) is 9.69 Å². The van der Waals surface area contributed by atoms with E-state index in [2.05, 4.69) is 41.4 Å². The van der Waals surface area contributed by atoms with Crippen LogP contribution in [0, 0.1) is 12.3 Å². The molecule has 1 unspecified atom stereocenters. The second-order valence-corrected chi connectivity index (χ2v) is 8.31. The molecule has 0 saturated carbocycles. The van der Waals surface area contributed by atoms with Gasteiger partial charge in [0.15, 0.2) is 0 Å². The van der Waals surface area contributed by atoms with Gasteiger partial charge in [-0.25, -0.2) is 4.79 Å². The maximum absolute atomic E-state index is 12.0. The number of carbonyl (C=O) groups is 2. The number of carbonyl (C=O) groups excluding carboxylic acids is 1. The number of carboxylic acid groups (broad SMARTS) is 1. The first-order valence-corrected chi connectivity index (χ1v) is 10.5. The summed E-state index contributed by atoms with van der Waals surface area (Å²) in [7, 11) is 1.55. The van der Waals surface area contributed by atoms with E-state index in [1.807, 2.05) is 0 Å². The van der Waals surface area contributed by atoms with E-state index in [0.717, 1.165) is 45.5 Å². The second-order valence-electron chi connectivity index (χ2n) is 8.31. The summed E-state index contributed by atoms with van der Waals surface area (Å²) < 4.78 is 42.3. The molecule has 2 aliphatic heterocycles. The van der Waals surface area contributed by atoms with Crippen LogP contribution in [0.15, 0.2) is 24.3 Å². The number of hydrogen-bond donors (Lipinski definition) is 2. The molecule has 180 valence electrons. The monoisotopic (exact) mass is 460 g/mol. The quantitative estimate of drug-likeness (QED) is 0.703. The van der Waals surface area contributed by atoms with Gasteiger partial charge in [0.05, 0.1) is 12.6 Å². The van der Waals surface area contributed by atoms with Crippen molar-refractivity contribution in [3.63, 3.8) is 0 Å². The van der Waals surface area contributed by atoms with Crippen LogP contribution < -0.4 is 5.32 Å². The number of nitrogens with zero attached hydrogens (tertiary/aromatic N) is 1. The topological polar surface area (TPSA) is 88.1 Å². The third kappa shape index (κ3) is 7.75. The SMILES string of the molecule is COCC(=O)NC1COCCC12CCN(Cc1ccc(C)cc1)CC2.O=C(O)C(F)(F)F. The number of benzene rings is 1. The largest absolute Gasteiger partial charge is 0.490 e. The van der Waals surface area contributed by atoms with Crippen molar-refractivity contribution in [2.45, 2.75) is 44.9 Å². The zero-order valence-corrected chi connectivity index (χ0v) is 18.4. The highest BCUT2D eigenvalue weighted by Gasteiger charge is 2.44. The first kappa shape index (κ1) is 26.1. The normalized spacial score (nSPS) is 20.8. The summed E-state index contributed by atoms with van der Waals surface area (Å²) in [4.78, 5) is 23.4. The Hall–Kier alpha value is -2.17. The Morgan fingerprint density at radius 3 is 2.34 bits per heavy atom. The molecule has 2 aliphatic rings. The van der Waals surface area contributed by atoms with Gasteiger partial charge in [-0.05, 0) is 50.3 Å². The molecule has 10 heteroatoms. The number of ether oxygens (including phenoxy) is 2. The van der Waals surface area contributed by atoms with E-state index in [1.165, 1.54) is 11.1 Å². The van der Waals surface area contributed by atoms with Crippen LogP contribution in [0.4, 0.5) is 13.2 Å². The van der Waals surface area contributed by atoms with Gasteiger partial charge < -0.3 is 19.9 Å². The minimum absolute atomic E-state index is 0.0422.